The Morgan fingerprint density at radius 2 is 0.794 bits per heavy atom. The number of carboxylic acid groups (broad SMARTS) is 1. The van der Waals surface area contributed by atoms with Crippen molar-refractivity contribution in [3.8, 4) is 40.1 Å². The fourth-order valence-electron chi connectivity index (χ4n) is 15.1. The van der Waals surface area contributed by atoms with Crippen molar-refractivity contribution in [2.45, 2.75) is 73.4 Å². The number of rotatable bonds is 20. The molecule has 0 fully saturated rings. The van der Waals surface area contributed by atoms with Gasteiger partial charge in [-0.15, -0.1) is 11.6 Å². The average Bonchev–Trinajstić information content (AvgIpc) is 1.55. The minimum absolute atomic E-state index is 0.0161. The molecule has 654 valence electrons. The molecule has 7 aromatic heterocycles. The fraction of sp³-hybridized carbons (Fsp3) is 0.108. The number of nitrogens with zero attached hydrogens (tertiary/aromatic N) is 13. The molecule has 29 heteroatoms. The Kier molecular flexibility index (Phi) is 27.4. The van der Waals surface area contributed by atoms with Crippen LogP contribution in [0.4, 0.5) is 28.7 Å². The van der Waals surface area contributed by atoms with Crippen molar-refractivity contribution in [2.75, 3.05) is 28.3 Å². The zero-order valence-corrected chi connectivity index (χ0v) is 72.6. The number of aryl methyl sites for hydroxylation is 5. The first-order valence-electron chi connectivity index (χ1n) is 41.5. The summed E-state index contributed by atoms with van der Waals surface area (Å²) in [4.78, 5) is 99.1. The standard InChI is InChI=1S/C28H23N7O2.C24H20ClNO2.C21H17N7O2.C21H20N2O2.C8H9NO2/c1-18-8-7-11-20-24(18)28(36)35(21-12-5-6-13-22(21)37-15-19-9-3-2-4-10-19)23(33-20)14-34-17-32-25-26(29)30-16-31-27(25)34;1-17-8-7-11-19-14-20(15-25)26(24(27)23(17)19)21-12-5-6-13-22(21)28-16-18-9-3-2-4-10-18;1-12-5-4-6-13-17(12)21(30)28(14-7-2-3-8-15(14)29)16(26-13)9-27-11-25-18-19(22)23-10-24-20(18)27;1-15-8-7-11-17(22)20(15)21(24)23-18-12-5-6-13-19(18)25-14-16-9-3-2-4-10-16;1-5-3-2-4-6(9)7(5)8(10)11/h2-13,16-17H,14-15H2,1H3,(H2,29,30,31);2-14H,15-16H2,1H3;2-8,10-11,29H,9H2,1H3,(H2,22,23,24);2-13H,14,22H2,1H3,(H,23,24);2-4H,9H2,1H3,(H,10,11). The number of nitrogens with two attached hydrogens (primary N) is 4. The number of hydrogen-bond donors (Lipinski definition) is 7. The van der Waals surface area contributed by atoms with Crippen molar-refractivity contribution < 1.29 is 34.0 Å². The highest BCUT2D eigenvalue weighted by Gasteiger charge is 2.24. The number of nitrogen functional groups attached to an aromatic ring is 4. The lowest BCUT2D eigenvalue weighted by atomic mass is 10.1. The van der Waals surface area contributed by atoms with E-state index in [9.17, 15) is 29.1 Å². The van der Waals surface area contributed by atoms with E-state index in [4.69, 9.17) is 63.8 Å². The van der Waals surface area contributed by atoms with Gasteiger partial charge in [0, 0.05) is 17.1 Å². The number of imidazole rings is 2. The number of halogens is 1. The number of alkyl halides is 1. The summed E-state index contributed by atoms with van der Waals surface area (Å²) in [6, 6.07) is 88.3. The summed E-state index contributed by atoms with van der Waals surface area (Å²) in [5.74, 6) is 2.34. The molecule has 19 rings (SSSR count). The number of aromatic hydroxyl groups is 1. The quantitative estimate of drug-likeness (QED) is 0.0275. The third-order valence-corrected chi connectivity index (χ3v) is 21.8. The average molecular weight is 1760 g/mol. The van der Waals surface area contributed by atoms with Crippen molar-refractivity contribution in [3.05, 3.63) is 414 Å². The predicted octanol–water partition coefficient (Wildman–Crippen LogP) is 17.5. The van der Waals surface area contributed by atoms with E-state index in [0.29, 0.717) is 149 Å². The largest absolute Gasteiger partial charge is 0.506 e. The lowest BCUT2D eigenvalue weighted by molar-refractivity contribution is 0.0697. The van der Waals surface area contributed by atoms with Crippen molar-refractivity contribution in [3.63, 3.8) is 0 Å². The fourth-order valence-corrected chi connectivity index (χ4v) is 15.3. The number of phenols is 1. The summed E-state index contributed by atoms with van der Waals surface area (Å²) >= 11 is 6.22. The summed E-state index contributed by atoms with van der Waals surface area (Å²) < 4.78 is 26.4. The molecule has 0 unspecified atom stereocenters. The number of benzene rings is 12. The lowest BCUT2D eigenvalue weighted by Gasteiger charge is -2.18. The highest BCUT2D eigenvalue weighted by molar-refractivity contribution is 6.17. The molecule has 0 bridgehead atoms. The normalized spacial score (nSPS) is 10.9. The van der Waals surface area contributed by atoms with Crippen LogP contribution in [0.3, 0.4) is 0 Å². The molecule has 0 saturated carbocycles. The van der Waals surface area contributed by atoms with E-state index in [0.717, 1.165) is 50.0 Å². The molecule has 7 heterocycles. The van der Waals surface area contributed by atoms with Crippen molar-refractivity contribution >= 4 is 107 Å². The molecule has 0 saturated heterocycles. The monoisotopic (exact) mass is 1760 g/mol. The third-order valence-electron chi connectivity index (χ3n) is 21.5. The molecular formula is C102H89ClN18O10. The van der Waals surface area contributed by atoms with Gasteiger partial charge in [-0.05, 0) is 163 Å². The molecule has 0 aliphatic carbocycles. The summed E-state index contributed by atoms with van der Waals surface area (Å²) in [7, 11) is 0. The van der Waals surface area contributed by atoms with Crippen LogP contribution in [0.15, 0.2) is 325 Å². The molecule has 0 radical (unpaired) electrons. The molecule has 12 aromatic carbocycles. The maximum Gasteiger partial charge on any atom is 0.338 e. The van der Waals surface area contributed by atoms with E-state index in [2.05, 4.69) is 35.2 Å². The van der Waals surface area contributed by atoms with Gasteiger partial charge in [0.05, 0.1) is 92.7 Å². The number of aromatic carboxylic acids is 1. The molecule has 19 aromatic rings. The van der Waals surface area contributed by atoms with Crippen LogP contribution in [0.25, 0.3) is 72.0 Å². The predicted molar refractivity (Wildman–Crippen MR) is 512 cm³/mol. The van der Waals surface area contributed by atoms with E-state index < -0.39 is 5.97 Å². The Hall–Kier alpha value is -17.1. The van der Waals surface area contributed by atoms with Gasteiger partial charge in [0.1, 0.15) is 78.2 Å². The molecule has 11 N–H and O–H groups in total. The van der Waals surface area contributed by atoms with Gasteiger partial charge in [-0.3, -0.25) is 32.9 Å². The maximum absolute atomic E-state index is 14.0. The Balaban J connectivity index is 0.000000130. The van der Waals surface area contributed by atoms with Gasteiger partial charge >= 0.3 is 5.97 Å². The van der Waals surface area contributed by atoms with Crippen LogP contribution in [-0.2, 0) is 38.8 Å². The number of phenolic OH excluding ortho intramolecular Hbond substituents is 1. The molecule has 131 heavy (non-hydrogen) atoms. The zero-order chi connectivity index (χ0) is 91.8. The van der Waals surface area contributed by atoms with E-state index in [1.807, 2.05) is 258 Å². The lowest BCUT2D eigenvalue weighted by Crippen LogP contribution is -2.26. The molecule has 0 atom stereocenters. The van der Waals surface area contributed by atoms with Crippen molar-refractivity contribution in [1.82, 2.24) is 62.7 Å². The third kappa shape index (κ3) is 19.9. The number of carbonyl (C=O) groups excluding carboxylic acids is 1. The van der Waals surface area contributed by atoms with Gasteiger partial charge in [0.2, 0.25) is 0 Å². The van der Waals surface area contributed by atoms with Gasteiger partial charge in [0.25, 0.3) is 22.6 Å². The number of amides is 1. The minimum Gasteiger partial charge on any atom is -0.506 e. The van der Waals surface area contributed by atoms with Crippen LogP contribution >= 0.6 is 11.6 Å². The van der Waals surface area contributed by atoms with Crippen LogP contribution in [-0.4, -0.2) is 84.8 Å². The smallest absolute Gasteiger partial charge is 0.338 e. The number of ether oxygens (including phenoxy) is 3. The minimum atomic E-state index is -0.972. The SMILES string of the molecule is Cc1cccc(N)c1C(=O)Nc1ccccc1OCc1ccccc1.Cc1cccc(N)c1C(=O)O.Cc1cccc2cc(CCl)n(-c3ccccc3OCc3ccccc3)c(=O)c12.Cc1cccc2nc(Cn3cnc4c(N)ncnc43)n(-c3ccccc3O)c(=O)c12.Cc1cccc2nc(Cn3cnc4c(N)ncnc43)n(-c3ccccc3OCc3ccccc3)c(=O)c12. The number of hydrogen-bond acceptors (Lipinski definition) is 21. The number of para-hydroxylation sites is 8. The second-order valence-electron chi connectivity index (χ2n) is 30.4. The van der Waals surface area contributed by atoms with Gasteiger partial charge in [-0.25, -0.2) is 44.7 Å². The number of carbonyl (C=O) groups is 2. The van der Waals surface area contributed by atoms with E-state index in [1.54, 1.807) is 86.4 Å². The molecular weight excluding hydrogens is 1670 g/mol. The van der Waals surface area contributed by atoms with Gasteiger partial charge in [-0.2, -0.15) is 0 Å². The Morgan fingerprint density at radius 3 is 1.26 bits per heavy atom. The van der Waals surface area contributed by atoms with Crippen LogP contribution in [0.1, 0.15) is 82.6 Å². The zero-order valence-electron chi connectivity index (χ0n) is 71.8. The summed E-state index contributed by atoms with van der Waals surface area (Å²) in [6.45, 7) is 11.0. The van der Waals surface area contributed by atoms with Gasteiger partial charge in [-0.1, -0.05) is 206 Å². The number of nitrogens with one attached hydrogen (secondary N) is 1. The van der Waals surface area contributed by atoms with Crippen LogP contribution in [0, 0.1) is 34.6 Å². The van der Waals surface area contributed by atoms with Crippen LogP contribution < -0.4 is 59.1 Å². The highest BCUT2D eigenvalue weighted by atomic mass is 35.5. The number of anilines is 5. The Bertz CT molecular complexity index is 7580. The summed E-state index contributed by atoms with van der Waals surface area (Å²) in [5.41, 5.74) is 37.8. The number of fused-ring (bicyclic) bond motifs is 5. The van der Waals surface area contributed by atoms with Crippen LogP contribution in [0.2, 0.25) is 0 Å². The second kappa shape index (κ2) is 40.4. The molecule has 0 spiro atoms. The first kappa shape index (κ1) is 88.7. The van der Waals surface area contributed by atoms with Gasteiger partial charge in [0.15, 0.2) is 22.9 Å². The molecule has 0 aliphatic heterocycles. The van der Waals surface area contributed by atoms with E-state index in [-0.39, 0.29) is 58.7 Å². The second-order valence-corrected chi connectivity index (χ2v) is 30.7. The summed E-state index contributed by atoms with van der Waals surface area (Å²) in [5, 5.41) is 24.7. The molecule has 0 aliphatic rings. The summed E-state index contributed by atoms with van der Waals surface area (Å²) in [6.07, 6.45) is 5.97. The van der Waals surface area contributed by atoms with Crippen LogP contribution in [0.5, 0.6) is 23.0 Å². The van der Waals surface area contributed by atoms with Crippen molar-refractivity contribution in [2.24, 2.45) is 0 Å². The maximum atomic E-state index is 14.0. The topological polar surface area (TPSA) is 397 Å². The first-order valence-corrected chi connectivity index (χ1v) is 42.0. The number of pyridine rings is 1. The molecule has 1 amide bonds. The Morgan fingerprint density at radius 1 is 0.405 bits per heavy atom. The van der Waals surface area contributed by atoms with E-state index >= 15 is 0 Å². The number of carboxylic acids is 1. The number of aromatic nitrogens is 13. The Labute approximate surface area is 755 Å². The van der Waals surface area contributed by atoms with Crippen molar-refractivity contribution in [1.29, 1.82) is 0 Å². The highest BCUT2D eigenvalue weighted by Crippen LogP contribution is 2.33. The first-order chi connectivity index (χ1) is 63.6. The van der Waals surface area contributed by atoms with E-state index in [1.165, 1.54) is 23.3 Å². The van der Waals surface area contributed by atoms with Gasteiger partial charge < -0.3 is 61.8 Å². The molecule has 28 nitrogen and oxygen atoms in total.